The molecule has 1 N–H and O–H groups in total. The lowest BCUT2D eigenvalue weighted by atomic mass is 9.77. The normalized spacial score (nSPS) is 25.0. The Morgan fingerprint density at radius 3 is 2.41 bits per heavy atom. The predicted molar refractivity (Wildman–Crippen MR) is 121 cm³/mol. The second kappa shape index (κ2) is 9.92. The second-order valence-electron chi connectivity index (χ2n) is 9.25. The minimum Gasteiger partial charge on any atom is -0.475 e. The Kier molecular flexibility index (Phi) is 7.14. The highest BCUT2D eigenvalue weighted by Crippen LogP contribution is 2.39. The molecular formula is C25H29F3N2O4. The summed E-state index contributed by atoms with van der Waals surface area (Å²) in [6.07, 6.45) is 1.21. The number of ether oxygens (including phenoxy) is 1. The molecule has 5 rings (SSSR count). The van der Waals surface area contributed by atoms with Gasteiger partial charge in [-0.3, -0.25) is 9.69 Å². The number of halogens is 3. The first-order valence-electron chi connectivity index (χ1n) is 11.6. The van der Waals surface area contributed by atoms with Crippen molar-refractivity contribution in [1.82, 2.24) is 9.80 Å². The quantitative estimate of drug-likeness (QED) is 0.711. The molecule has 0 saturated carbocycles. The summed E-state index contributed by atoms with van der Waals surface area (Å²) in [4.78, 5) is 26.8. The number of nitrogens with zero attached hydrogens (tertiary/aromatic N) is 2. The van der Waals surface area contributed by atoms with E-state index >= 15 is 0 Å². The number of fused-ring (bicyclic) bond motifs is 1. The molecular weight excluding hydrogens is 449 g/mol. The maximum absolute atomic E-state index is 13.2. The van der Waals surface area contributed by atoms with Gasteiger partial charge in [0.1, 0.15) is 0 Å². The summed E-state index contributed by atoms with van der Waals surface area (Å²) in [5.41, 5.74) is 1.01. The summed E-state index contributed by atoms with van der Waals surface area (Å²) >= 11 is 0. The van der Waals surface area contributed by atoms with Gasteiger partial charge in [0.2, 0.25) is 0 Å². The van der Waals surface area contributed by atoms with Gasteiger partial charge in [0.15, 0.2) is 0 Å². The van der Waals surface area contributed by atoms with Crippen molar-refractivity contribution in [3.63, 3.8) is 0 Å². The highest BCUT2D eigenvalue weighted by molar-refractivity contribution is 5.98. The molecule has 2 unspecified atom stereocenters. The average Bonchev–Trinajstić information content (AvgIpc) is 3.34. The van der Waals surface area contributed by atoms with Crippen molar-refractivity contribution in [2.45, 2.75) is 49.9 Å². The molecule has 0 aliphatic carbocycles. The van der Waals surface area contributed by atoms with E-state index in [-0.39, 0.29) is 11.4 Å². The number of carboxylic acids is 1. The van der Waals surface area contributed by atoms with Gasteiger partial charge >= 0.3 is 12.1 Å². The average molecular weight is 479 g/mol. The Hall–Kier alpha value is -2.65. The van der Waals surface area contributed by atoms with Crippen molar-refractivity contribution in [2.24, 2.45) is 0 Å². The van der Waals surface area contributed by atoms with E-state index in [4.69, 9.17) is 14.6 Å². The highest BCUT2D eigenvalue weighted by atomic mass is 19.4. The van der Waals surface area contributed by atoms with Crippen LogP contribution in [0, 0.1) is 0 Å². The molecule has 2 atom stereocenters. The third kappa shape index (κ3) is 5.36. The summed E-state index contributed by atoms with van der Waals surface area (Å²) in [5.74, 6) is -2.57. The molecule has 1 spiro atoms. The number of hydrogen-bond acceptors (Lipinski definition) is 4. The molecule has 9 heteroatoms. The fourth-order valence-electron chi connectivity index (χ4n) is 5.16. The predicted octanol–water partition coefficient (Wildman–Crippen LogP) is 4.33. The van der Waals surface area contributed by atoms with E-state index in [1.54, 1.807) is 0 Å². The van der Waals surface area contributed by atoms with Crippen LogP contribution in [0.2, 0.25) is 0 Å². The minimum atomic E-state index is -5.08. The molecule has 3 fully saturated rings. The Bertz CT molecular complexity index is 1040. The molecule has 2 aromatic rings. The molecule has 0 aromatic heterocycles. The number of carbonyl (C=O) groups is 2. The van der Waals surface area contributed by atoms with E-state index in [1.165, 1.54) is 31.1 Å². The molecule has 3 aliphatic heterocycles. The standard InChI is InChI=1S/C23H28N2O2.C2HF3O2/c26-22(20-9-8-18-5-1-2-6-19(18)15-20)24-12-4-10-23(17-24)11-13-25(23)16-21-7-3-14-27-21;3-2(4,5)1(6)7/h1-2,5-6,8-9,15,21H,3-4,7,10-14,16-17H2;(H,6,7). The van der Waals surface area contributed by atoms with Gasteiger partial charge in [0, 0.05) is 43.9 Å². The largest absolute Gasteiger partial charge is 0.490 e. The van der Waals surface area contributed by atoms with Crippen LogP contribution in [-0.2, 0) is 9.53 Å². The van der Waals surface area contributed by atoms with Gasteiger partial charge < -0.3 is 14.7 Å². The van der Waals surface area contributed by atoms with Crippen LogP contribution in [0.1, 0.15) is 42.5 Å². The molecule has 1 amide bonds. The van der Waals surface area contributed by atoms with Gasteiger partial charge in [0.05, 0.1) is 6.10 Å². The fourth-order valence-corrected chi connectivity index (χ4v) is 5.16. The van der Waals surface area contributed by atoms with Crippen molar-refractivity contribution >= 4 is 22.6 Å². The molecule has 3 saturated heterocycles. The van der Waals surface area contributed by atoms with Crippen LogP contribution >= 0.6 is 0 Å². The van der Waals surface area contributed by atoms with Gasteiger partial charge in [-0.25, -0.2) is 4.79 Å². The molecule has 3 heterocycles. The second-order valence-corrected chi connectivity index (χ2v) is 9.25. The van der Waals surface area contributed by atoms with Gasteiger partial charge in [-0.05, 0) is 55.0 Å². The lowest BCUT2D eigenvalue weighted by molar-refractivity contribution is -0.192. The molecule has 0 bridgehead atoms. The van der Waals surface area contributed by atoms with Gasteiger partial charge in [-0.2, -0.15) is 13.2 Å². The summed E-state index contributed by atoms with van der Waals surface area (Å²) in [7, 11) is 0. The first-order chi connectivity index (χ1) is 16.2. The summed E-state index contributed by atoms with van der Waals surface area (Å²) in [5, 5.41) is 9.45. The lowest BCUT2D eigenvalue weighted by Crippen LogP contribution is -2.68. The number of rotatable bonds is 3. The van der Waals surface area contributed by atoms with Crippen LogP contribution in [0.25, 0.3) is 10.8 Å². The Balaban J connectivity index is 0.000000344. The van der Waals surface area contributed by atoms with Gasteiger partial charge in [0.25, 0.3) is 5.91 Å². The number of likely N-dealkylation sites (tertiary alicyclic amines) is 2. The number of amides is 1. The summed E-state index contributed by atoms with van der Waals surface area (Å²) in [6.45, 7) is 4.85. The number of piperidine rings is 1. The van der Waals surface area contributed by atoms with Crippen LogP contribution in [0.4, 0.5) is 13.2 Å². The molecule has 0 radical (unpaired) electrons. The van der Waals surface area contributed by atoms with Crippen molar-refractivity contribution < 1.29 is 32.6 Å². The van der Waals surface area contributed by atoms with Gasteiger partial charge in [-0.15, -0.1) is 0 Å². The van der Waals surface area contributed by atoms with E-state index in [1.807, 2.05) is 24.3 Å². The number of benzene rings is 2. The number of carboxylic acid groups (broad SMARTS) is 1. The monoisotopic (exact) mass is 478 g/mol. The Labute approximate surface area is 196 Å². The first-order valence-corrected chi connectivity index (χ1v) is 11.6. The summed E-state index contributed by atoms with van der Waals surface area (Å²) in [6, 6.07) is 14.3. The van der Waals surface area contributed by atoms with Crippen molar-refractivity contribution in [3.8, 4) is 0 Å². The Morgan fingerprint density at radius 1 is 1.06 bits per heavy atom. The molecule has 3 aliphatic rings. The Morgan fingerprint density at radius 2 is 1.79 bits per heavy atom. The van der Waals surface area contributed by atoms with E-state index < -0.39 is 12.1 Å². The van der Waals surface area contributed by atoms with Crippen LogP contribution < -0.4 is 0 Å². The zero-order valence-electron chi connectivity index (χ0n) is 18.9. The zero-order chi connectivity index (χ0) is 24.3. The smallest absolute Gasteiger partial charge is 0.475 e. The molecule has 2 aromatic carbocycles. The van der Waals surface area contributed by atoms with E-state index in [0.717, 1.165) is 50.2 Å². The van der Waals surface area contributed by atoms with Crippen LogP contribution in [0.5, 0.6) is 0 Å². The van der Waals surface area contributed by atoms with Crippen LogP contribution in [0.15, 0.2) is 42.5 Å². The molecule has 184 valence electrons. The first kappa shape index (κ1) is 24.5. The SMILES string of the molecule is O=C(O)C(F)(F)F.O=C(c1ccc2ccccc2c1)N1CCCC2(CCN2CC2CCCO2)C1. The number of carbonyl (C=O) groups excluding carboxylic acids is 1. The van der Waals surface area contributed by atoms with Crippen LogP contribution in [-0.4, -0.2) is 77.4 Å². The lowest BCUT2D eigenvalue weighted by Gasteiger charge is -2.57. The van der Waals surface area contributed by atoms with E-state index in [2.05, 4.69) is 28.0 Å². The number of hydrogen-bond donors (Lipinski definition) is 1. The van der Waals surface area contributed by atoms with E-state index in [9.17, 15) is 18.0 Å². The molecule has 6 nitrogen and oxygen atoms in total. The number of aliphatic carboxylic acids is 1. The van der Waals surface area contributed by atoms with E-state index in [0.29, 0.717) is 6.10 Å². The molecule has 34 heavy (non-hydrogen) atoms. The van der Waals surface area contributed by atoms with Crippen molar-refractivity contribution in [3.05, 3.63) is 48.0 Å². The maximum atomic E-state index is 13.2. The highest BCUT2D eigenvalue weighted by Gasteiger charge is 2.48. The third-order valence-electron chi connectivity index (χ3n) is 7.05. The number of alkyl halides is 3. The van der Waals surface area contributed by atoms with Gasteiger partial charge in [-0.1, -0.05) is 30.3 Å². The van der Waals surface area contributed by atoms with Crippen LogP contribution in [0.3, 0.4) is 0 Å². The topological polar surface area (TPSA) is 70.1 Å². The fraction of sp³-hybridized carbons (Fsp3) is 0.520. The maximum Gasteiger partial charge on any atom is 0.490 e. The third-order valence-corrected chi connectivity index (χ3v) is 7.05. The minimum absolute atomic E-state index is 0.184. The van der Waals surface area contributed by atoms with Crippen molar-refractivity contribution in [1.29, 1.82) is 0 Å². The zero-order valence-corrected chi connectivity index (χ0v) is 18.9. The summed E-state index contributed by atoms with van der Waals surface area (Å²) < 4.78 is 37.6. The van der Waals surface area contributed by atoms with Crippen molar-refractivity contribution in [2.75, 3.05) is 32.8 Å².